The molecule has 96 valence electrons. The highest BCUT2D eigenvalue weighted by atomic mass is 15.2. The summed E-state index contributed by atoms with van der Waals surface area (Å²) >= 11 is 0. The lowest BCUT2D eigenvalue weighted by atomic mass is 9.74. The Kier molecular flexibility index (Phi) is 4.15. The number of nitrogens with one attached hydrogen (secondary N) is 2. The second-order valence-electron chi connectivity index (χ2n) is 5.75. The summed E-state index contributed by atoms with van der Waals surface area (Å²) in [5.41, 5.74) is 0. The maximum Gasteiger partial charge on any atom is 0.138 e. The molecule has 1 fully saturated rings. The number of nitrogens with zero attached hydrogens (tertiary/aromatic N) is 2. The molecular weight excluding hydrogens is 212 g/mol. The highest BCUT2D eigenvalue weighted by molar-refractivity contribution is 4.88. The van der Waals surface area contributed by atoms with Crippen LogP contribution in [0.2, 0.25) is 0 Å². The molecule has 2 N–H and O–H groups in total. The van der Waals surface area contributed by atoms with Crippen LogP contribution in [0.25, 0.3) is 0 Å². The molecular formula is C13H24N4. The molecule has 0 bridgehead atoms. The second kappa shape index (κ2) is 5.63. The van der Waals surface area contributed by atoms with Crippen LogP contribution in [0, 0.1) is 17.8 Å². The first-order chi connectivity index (χ1) is 8.16. The molecule has 3 unspecified atom stereocenters. The van der Waals surface area contributed by atoms with Gasteiger partial charge in [-0.05, 0) is 30.6 Å². The fourth-order valence-electron chi connectivity index (χ4n) is 2.98. The van der Waals surface area contributed by atoms with Crippen molar-refractivity contribution in [3.63, 3.8) is 0 Å². The van der Waals surface area contributed by atoms with Gasteiger partial charge in [0.1, 0.15) is 12.2 Å². The number of aromatic amines is 1. The Morgan fingerprint density at radius 2 is 2.29 bits per heavy atom. The Balaban J connectivity index is 1.90. The van der Waals surface area contributed by atoms with E-state index in [2.05, 4.69) is 41.3 Å². The highest BCUT2D eigenvalue weighted by Gasteiger charge is 2.30. The molecule has 0 aliphatic heterocycles. The van der Waals surface area contributed by atoms with E-state index < -0.39 is 0 Å². The highest BCUT2D eigenvalue weighted by Crippen LogP contribution is 2.33. The van der Waals surface area contributed by atoms with Gasteiger partial charge in [-0.3, -0.25) is 5.10 Å². The summed E-state index contributed by atoms with van der Waals surface area (Å²) in [6, 6.07) is 0.629. The van der Waals surface area contributed by atoms with Crippen LogP contribution in [0.5, 0.6) is 0 Å². The largest absolute Gasteiger partial charge is 0.307 e. The van der Waals surface area contributed by atoms with Crippen molar-refractivity contribution in [1.29, 1.82) is 0 Å². The molecule has 0 amide bonds. The number of rotatable bonds is 4. The molecule has 4 nitrogen and oxygen atoms in total. The van der Waals surface area contributed by atoms with Crippen molar-refractivity contribution < 1.29 is 0 Å². The van der Waals surface area contributed by atoms with Crippen molar-refractivity contribution >= 4 is 0 Å². The molecule has 0 saturated heterocycles. The zero-order chi connectivity index (χ0) is 12.3. The predicted molar refractivity (Wildman–Crippen MR) is 68.4 cm³/mol. The Labute approximate surface area is 104 Å². The number of hydrogen-bond acceptors (Lipinski definition) is 3. The van der Waals surface area contributed by atoms with Gasteiger partial charge in [-0.15, -0.1) is 0 Å². The molecule has 1 aromatic rings. The van der Waals surface area contributed by atoms with Crippen LogP contribution in [0.15, 0.2) is 6.33 Å². The fraction of sp³-hybridized carbons (Fsp3) is 0.846. The smallest absolute Gasteiger partial charge is 0.138 e. The third-order valence-electron chi connectivity index (χ3n) is 4.02. The molecule has 0 aromatic carbocycles. The molecule has 4 heteroatoms. The monoisotopic (exact) mass is 236 g/mol. The normalized spacial score (nSPS) is 29.8. The SMILES string of the molecule is CC1CCC(C(C)C)C(NCc2ncn[nH]2)C1. The molecule has 1 aliphatic carbocycles. The summed E-state index contributed by atoms with van der Waals surface area (Å²) in [4.78, 5) is 4.16. The zero-order valence-electron chi connectivity index (χ0n) is 11.1. The summed E-state index contributed by atoms with van der Waals surface area (Å²) in [5.74, 6) is 3.34. The van der Waals surface area contributed by atoms with Gasteiger partial charge in [0.2, 0.25) is 0 Å². The molecule has 3 atom stereocenters. The average Bonchev–Trinajstić information content (AvgIpc) is 2.78. The van der Waals surface area contributed by atoms with Gasteiger partial charge < -0.3 is 5.32 Å². The lowest BCUT2D eigenvalue weighted by molar-refractivity contribution is 0.168. The van der Waals surface area contributed by atoms with Crippen LogP contribution >= 0.6 is 0 Å². The first kappa shape index (κ1) is 12.6. The number of H-pyrrole nitrogens is 1. The van der Waals surface area contributed by atoms with Crippen molar-refractivity contribution in [2.75, 3.05) is 0 Å². The van der Waals surface area contributed by atoms with Gasteiger partial charge in [0.05, 0.1) is 6.54 Å². The van der Waals surface area contributed by atoms with Crippen LogP contribution in [0.4, 0.5) is 0 Å². The van der Waals surface area contributed by atoms with E-state index in [4.69, 9.17) is 0 Å². The first-order valence-corrected chi connectivity index (χ1v) is 6.74. The summed E-state index contributed by atoms with van der Waals surface area (Å²) in [6.07, 6.45) is 5.59. The Morgan fingerprint density at radius 1 is 1.47 bits per heavy atom. The summed E-state index contributed by atoms with van der Waals surface area (Å²) < 4.78 is 0. The van der Waals surface area contributed by atoms with Crippen LogP contribution < -0.4 is 5.32 Å². The Bertz CT molecular complexity index is 320. The molecule has 1 saturated carbocycles. The lowest BCUT2D eigenvalue weighted by Crippen LogP contribution is -2.42. The van der Waals surface area contributed by atoms with Crippen molar-refractivity contribution in [2.45, 2.75) is 52.6 Å². The van der Waals surface area contributed by atoms with Crippen LogP contribution in [0.1, 0.15) is 45.9 Å². The topological polar surface area (TPSA) is 53.6 Å². The Morgan fingerprint density at radius 3 is 2.94 bits per heavy atom. The minimum Gasteiger partial charge on any atom is -0.307 e. The van der Waals surface area contributed by atoms with Gasteiger partial charge in [0, 0.05) is 6.04 Å². The molecule has 0 spiro atoms. The van der Waals surface area contributed by atoms with E-state index in [0.717, 1.165) is 30.1 Å². The van der Waals surface area contributed by atoms with Gasteiger partial charge in [0.25, 0.3) is 0 Å². The minimum atomic E-state index is 0.629. The second-order valence-corrected chi connectivity index (χ2v) is 5.75. The van der Waals surface area contributed by atoms with Gasteiger partial charge >= 0.3 is 0 Å². The molecule has 0 radical (unpaired) electrons. The van der Waals surface area contributed by atoms with Crippen LogP contribution in [-0.4, -0.2) is 21.2 Å². The van der Waals surface area contributed by atoms with Crippen molar-refractivity contribution in [2.24, 2.45) is 17.8 Å². The lowest BCUT2D eigenvalue weighted by Gasteiger charge is -2.37. The van der Waals surface area contributed by atoms with Gasteiger partial charge in [-0.2, -0.15) is 5.10 Å². The van der Waals surface area contributed by atoms with E-state index in [0.29, 0.717) is 6.04 Å². The minimum absolute atomic E-state index is 0.629. The average molecular weight is 236 g/mol. The molecule has 1 heterocycles. The fourth-order valence-corrected chi connectivity index (χ4v) is 2.98. The number of aromatic nitrogens is 3. The summed E-state index contributed by atoms with van der Waals surface area (Å²) in [5, 5.41) is 10.4. The summed E-state index contributed by atoms with van der Waals surface area (Å²) in [6.45, 7) is 7.84. The quantitative estimate of drug-likeness (QED) is 0.843. The van der Waals surface area contributed by atoms with E-state index in [9.17, 15) is 0 Å². The summed E-state index contributed by atoms with van der Waals surface area (Å²) in [7, 11) is 0. The zero-order valence-corrected chi connectivity index (χ0v) is 11.1. The molecule has 17 heavy (non-hydrogen) atoms. The number of hydrogen-bond donors (Lipinski definition) is 2. The van der Waals surface area contributed by atoms with E-state index >= 15 is 0 Å². The van der Waals surface area contributed by atoms with Gasteiger partial charge in [-0.25, -0.2) is 4.98 Å². The van der Waals surface area contributed by atoms with E-state index in [1.165, 1.54) is 19.3 Å². The maximum absolute atomic E-state index is 4.16. The standard InChI is InChI=1S/C13H24N4/c1-9(2)11-5-4-10(3)6-12(11)14-7-13-15-8-16-17-13/h8-12,14H,4-7H2,1-3H3,(H,15,16,17). The van der Waals surface area contributed by atoms with Crippen LogP contribution in [0.3, 0.4) is 0 Å². The van der Waals surface area contributed by atoms with Crippen molar-refractivity contribution in [3.8, 4) is 0 Å². The van der Waals surface area contributed by atoms with Crippen molar-refractivity contribution in [1.82, 2.24) is 20.5 Å². The molecule has 1 aromatic heterocycles. The molecule has 1 aliphatic rings. The maximum atomic E-state index is 4.16. The molecule has 2 rings (SSSR count). The Hall–Kier alpha value is -0.900. The van der Waals surface area contributed by atoms with Crippen LogP contribution in [-0.2, 0) is 6.54 Å². The third kappa shape index (κ3) is 3.28. The van der Waals surface area contributed by atoms with E-state index in [-0.39, 0.29) is 0 Å². The van der Waals surface area contributed by atoms with Gasteiger partial charge in [0.15, 0.2) is 0 Å². The third-order valence-corrected chi connectivity index (χ3v) is 4.02. The van der Waals surface area contributed by atoms with E-state index in [1.807, 2.05) is 0 Å². The predicted octanol–water partition coefficient (Wildman–Crippen LogP) is 2.36. The van der Waals surface area contributed by atoms with Gasteiger partial charge in [-0.1, -0.05) is 27.2 Å². The van der Waals surface area contributed by atoms with Crippen molar-refractivity contribution in [3.05, 3.63) is 12.2 Å². The first-order valence-electron chi connectivity index (χ1n) is 6.74. The van der Waals surface area contributed by atoms with E-state index in [1.54, 1.807) is 6.33 Å².